The molecule has 0 amide bonds. The van der Waals surface area contributed by atoms with E-state index in [1.807, 2.05) is 6.08 Å². The van der Waals surface area contributed by atoms with E-state index in [1.54, 1.807) is 0 Å². The smallest absolute Gasteiger partial charge is 0.0867 e. The second kappa shape index (κ2) is 8.11. The summed E-state index contributed by atoms with van der Waals surface area (Å²) in [7, 11) is 0. The van der Waals surface area contributed by atoms with Gasteiger partial charge in [0.15, 0.2) is 0 Å². The zero-order chi connectivity index (χ0) is 23.1. The van der Waals surface area contributed by atoms with Crippen LogP contribution in [-0.2, 0) is 0 Å². The normalized spacial score (nSPS) is 14.9. The van der Waals surface area contributed by atoms with Crippen LogP contribution in [0.1, 0.15) is 12.0 Å². The molecule has 34 heavy (non-hydrogen) atoms. The highest BCUT2D eigenvalue weighted by Crippen LogP contribution is 2.41. The third-order valence-corrected chi connectivity index (χ3v) is 6.72. The molecule has 0 saturated carbocycles. The lowest BCUT2D eigenvalue weighted by atomic mass is 9.84. The molecule has 0 heterocycles. The van der Waals surface area contributed by atoms with Gasteiger partial charge in [-0.3, -0.25) is 0 Å². The molecule has 5 aromatic rings. The van der Waals surface area contributed by atoms with Crippen LogP contribution in [-0.4, -0.2) is 5.66 Å². The Labute approximate surface area is 199 Å². The number of allylic oxidation sites excluding steroid dienone is 2. The molecule has 0 aromatic heterocycles. The lowest BCUT2D eigenvalue weighted by molar-refractivity contribution is 0.559. The third-order valence-electron chi connectivity index (χ3n) is 6.72. The number of nitrogens with two attached hydrogens (primary N) is 2. The van der Waals surface area contributed by atoms with Crippen molar-refractivity contribution in [3.8, 4) is 22.3 Å². The zero-order valence-electron chi connectivity index (χ0n) is 18.9. The highest BCUT2D eigenvalue weighted by Gasteiger charge is 2.21. The molecular weight excluding hydrogens is 412 g/mol. The number of fused-ring (bicyclic) bond motifs is 2. The molecule has 0 spiro atoms. The number of rotatable bonds is 3. The molecule has 0 fully saturated rings. The minimum atomic E-state index is -0.789. The van der Waals surface area contributed by atoms with E-state index >= 15 is 0 Å². The van der Waals surface area contributed by atoms with Crippen LogP contribution in [0.2, 0.25) is 0 Å². The Morgan fingerprint density at radius 1 is 0.559 bits per heavy atom. The van der Waals surface area contributed by atoms with Crippen molar-refractivity contribution in [1.82, 2.24) is 0 Å². The summed E-state index contributed by atoms with van der Waals surface area (Å²) in [6, 6.07) is 37.0. The summed E-state index contributed by atoms with van der Waals surface area (Å²) in [6.07, 6.45) is 6.74. The molecule has 0 atom stereocenters. The maximum Gasteiger partial charge on any atom is 0.0867 e. The average Bonchev–Trinajstić information content (AvgIpc) is 2.88. The van der Waals surface area contributed by atoms with Gasteiger partial charge in [0.05, 0.1) is 5.66 Å². The van der Waals surface area contributed by atoms with E-state index in [1.165, 1.54) is 49.4 Å². The molecular formula is C32H26N2. The third kappa shape index (κ3) is 3.73. The molecule has 2 nitrogen and oxygen atoms in total. The Morgan fingerprint density at radius 2 is 1.15 bits per heavy atom. The first-order valence-electron chi connectivity index (χ1n) is 11.7. The monoisotopic (exact) mass is 438 g/mol. The van der Waals surface area contributed by atoms with Crippen LogP contribution < -0.4 is 11.5 Å². The van der Waals surface area contributed by atoms with Gasteiger partial charge in [-0.1, -0.05) is 103 Å². The van der Waals surface area contributed by atoms with E-state index in [9.17, 15) is 0 Å². The molecule has 0 aliphatic heterocycles. The van der Waals surface area contributed by atoms with Gasteiger partial charge in [-0.05, 0) is 73.1 Å². The summed E-state index contributed by atoms with van der Waals surface area (Å²) >= 11 is 0. The van der Waals surface area contributed by atoms with Crippen molar-refractivity contribution in [3.63, 3.8) is 0 Å². The fourth-order valence-electron chi connectivity index (χ4n) is 4.91. The van der Waals surface area contributed by atoms with Crippen molar-refractivity contribution in [1.29, 1.82) is 0 Å². The standard InChI is InChI=1S/C32H26N2/c33-32(34)18-16-24(17-19-32)29-10-5-11-30(27-14-12-22-6-1-3-8-25(22)20-27)31(29)28-15-13-23-7-2-4-9-26(23)21-28/h1-18,20-21H,19,33-34H2. The Bertz CT molecular complexity index is 1600. The molecule has 1 aliphatic rings. The highest BCUT2D eigenvalue weighted by atomic mass is 14.9. The molecule has 6 rings (SSSR count). The average molecular weight is 439 g/mol. The molecule has 2 heteroatoms. The molecule has 4 N–H and O–H groups in total. The summed E-state index contributed by atoms with van der Waals surface area (Å²) < 4.78 is 0. The van der Waals surface area contributed by atoms with Crippen molar-refractivity contribution < 1.29 is 0 Å². The maximum absolute atomic E-state index is 6.15. The van der Waals surface area contributed by atoms with Crippen molar-refractivity contribution in [3.05, 3.63) is 127 Å². The van der Waals surface area contributed by atoms with Crippen LogP contribution in [0.15, 0.2) is 121 Å². The van der Waals surface area contributed by atoms with E-state index < -0.39 is 5.66 Å². The Balaban J connectivity index is 1.61. The van der Waals surface area contributed by atoms with E-state index in [-0.39, 0.29) is 0 Å². The Morgan fingerprint density at radius 3 is 1.79 bits per heavy atom. The minimum Gasteiger partial charge on any atom is -0.310 e. The number of hydrogen-bond donors (Lipinski definition) is 2. The summed E-state index contributed by atoms with van der Waals surface area (Å²) in [4.78, 5) is 0. The van der Waals surface area contributed by atoms with Gasteiger partial charge in [0.1, 0.15) is 0 Å². The molecule has 1 aliphatic carbocycles. The second-order valence-corrected chi connectivity index (χ2v) is 9.16. The summed E-state index contributed by atoms with van der Waals surface area (Å²) in [5, 5.41) is 4.96. The largest absolute Gasteiger partial charge is 0.310 e. The van der Waals surface area contributed by atoms with Crippen LogP contribution in [0, 0.1) is 0 Å². The molecule has 0 bridgehead atoms. The van der Waals surface area contributed by atoms with Gasteiger partial charge in [-0.15, -0.1) is 0 Å². The first kappa shape index (κ1) is 20.6. The van der Waals surface area contributed by atoms with Crippen LogP contribution in [0.5, 0.6) is 0 Å². The van der Waals surface area contributed by atoms with Crippen molar-refractivity contribution >= 4 is 27.1 Å². The maximum atomic E-state index is 6.15. The van der Waals surface area contributed by atoms with Gasteiger partial charge in [0.2, 0.25) is 0 Å². The molecule has 164 valence electrons. The summed E-state index contributed by atoms with van der Waals surface area (Å²) in [6.45, 7) is 0. The number of benzene rings is 5. The first-order chi connectivity index (χ1) is 16.6. The summed E-state index contributed by atoms with van der Waals surface area (Å²) in [5.74, 6) is 0. The fraction of sp³-hybridized carbons (Fsp3) is 0.0625. The van der Waals surface area contributed by atoms with Gasteiger partial charge >= 0.3 is 0 Å². The van der Waals surface area contributed by atoms with Gasteiger partial charge in [0, 0.05) is 6.42 Å². The van der Waals surface area contributed by atoms with Crippen molar-refractivity contribution in [2.75, 3.05) is 0 Å². The van der Waals surface area contributed by atoms with Gasteiger partial charge in [-0.25, -0.2) is 0 Å². The lowest BCUT2D eigenvalue weighted by Gasteiger charge is -2.24. The van der Waals surface area contributed by atoms with Gasteiger partial charge in [0.25, 0.3) is 0 Å². The predicted molar refractivity (Wildman–Crippen MR) is 145 cm³/mol. The van der Waals surface area contributed by atoms with E-state index in [4.69, 9.17) is 11.5 Å². The van der Waals surface area contributed by atoms with Crippen LogP contribution in [0.25, 0.3) is 49.4 Å². The van der Waals surface area contributed by atoms with Crippen LogP contribution in [0.3, 0.4) is 0 Å². The SMILES string of the molecule is NC1(N)C=CC(c2cccc(-c3ccc4ccccc4c3)c2-c2ccc3ccccc3c2)=CC1. The Kier molecular flexibility index (Phi) is 4.91. The topological polar surface area (TPSA) is 52.0 Å². The fourth-order valence-corrected chi connectivity index (χ4v) is 4.91. The first-order valence-corrected chi connectivity index (χ1v) is 11.7. The minimum absolute atomic E-state index is 0.607. The quantitative estimate of drug-likeness (QED) is 0.291. The molecule has 0 saturated heterocycles. The van der Waals surface area contributed by atoms with Gasteiger partial charge in [-0.2, -0.15) is 0 Å². The molecule has 5 aromatic carbocycles. The lowest BCUT2D eigenvalue weighted by Crippen LogP contribution is -2.47. The Hall–Kier alpha value is -3.98. The molecule has 0 radical (unpaired) electrons. The van der Waals surface area contributed by atoms with Crippen LogP contribution in [0.4, 0.5) is 0 Å². The summed E-state index contributed by atoms with van der Waals surface area (Å²) in [5.41, 5.74) is 18.7. The van der Waals surface area contributed by atoms with E-state index in [0.717, 1.165) is 5.57 Å². The number of hydrogen-bond acceptors (Lipinski definition) is 2. The zero-order valence-corrected chi connectivity index (χ0v) is 18.9. The highest BCUT2D eigenvalue weighted by molar-refractivity contribution is 5.99. The molecule has 0 unspecified atom stereocenters. The van der Waals surface area contributed by atoms with Gasteiger partial charge < -0.3 is 11.5 Å². The second-order valence-electron chi connectivity index (χ2n) is 9.16. The van der Waals surface area contributed by atoms with Crippen molar-refractivity contribution in [2.45, 2.75) is 12.1 Å². The van der Waals surface area contributed by atoms with E-state index in [2.05, 4.69) is 115 Å². The van der Waals surface area contributed by atoms with E-state index in [0.29, 0.717) is 6.42 Å². The predicted octanol–water partition coefficient (Wildman–Crippen LogP) is 7.28. The van der Waals surface area contributed by atoms with Crippen molar-refractivity contribution in [2.24, 2.45) is 11.5 Å². The van der Waals surface area contributed by atoms with Crippen LogP contribution >= 0.6 is 0 Å².